The smallest absolute Gasteiger partial charge is 0.119 e. The third-order valence-electron chi connectivity index (χ3n) is 3.28. The first kappa shape index (κ1) is 19.0. The molecule has 1 unspecified atom stereocenters. The van der Waals surface area contributed by atoms with Crippen molar-refractivity contribution in [1.82, 2.24) is 4.90 Å². The van der Waals surface area contributed by atoms with Gasteiger partial charge in [0.1, 0.15) is 18.5 Å². The van der Waals surface area contributed by atoms with Gasteiger partial charge in [0.05, 0.1) is 18.6 Å². The van der Waals surface area contributed by atoms with Crippen molar-refractivity contribution >= 4 is 0 Å². The maximum absolute atomic E-state index is 10.1. The van der Waals surface area contributed by atoms with Gasteiger partial charge in [-0.2, -0.15) is 10.5 Å². The summed E-state index contributed by atoms with van der Waals surface area (Å²) in [5, 5.41) is 27.5. The molecule has 0 fully saturated rings. The number of rotatable bonds is 10. The van der Waals surface area contributed by atoms with E-state index in [1.165, 1.54) is 0 Å². The average molecular weight is 315 g/mol. The summed E-state index contributed by atoms with van der Waals surface area (Å²) < 4.78 is 5.59. The minimum Gasteiger partial charge on any atom is -0.491 e. The molecule has 0 radical (unpaired) electrons. The summed E-state index contributed by atoms with van der Waals surface area (Å²) in [4.78, 5) is 2.10. The third-order valence-corrected chi connectivity index (χ3v) is 3.28. The quantitative estimate of drug-likeness (QED) is 0.717. The first-order valence-electron chi connectivity index (χ1n) is 7.91. The van der Waals surface area contributed by atoms with Gasteiger partial charge in [0.2, 0.25) is 0 Å². The van der Waals surface area contributed by atoms with Crippen LogP contribution in [0.25, 0.3) is 0 Å². The van der Waals surface area contributed by atoms with E-state index in [0.717, 1.165) is 12.1 Å². The van der Waals surface area contributed by atoms with Crippen LogP contribution >= 0.6 is 0 Å². The molecule has 1 atom stereocenters. The second-order valence-corrected chi connectivity index (χ2v) is 6.01. The van der Waals surface area contributed by atoms with Gasteiger partial charge in [-0.1, -0.05) is 26.0 Å². The number of aliphatic hydroxyl groups is 1. The van der Waals surface area contributed by atoms with E-state index < -0.39 is 6.10 Å². The first-order valence-corrected chi connectivity index (χ1v) is 7.91. The number of nitriles is 2. The molecule has 5 nitrogen and oxygen atoms in total. The van der Waals surface area contributed by atoms with Crippen LogP contribution in [-0.4, -0.2) is 42.4 Å². The molecule has 0 aliphatic rings. The highest BCUT2D eigenvalue weighted by Crippen LogP contribution is 2.13. The number of hydrogen-bond acceptors (Lipinski definition) is 5. The molecule has 23 heavy (non-hydrogen) atoms. The van der Waals surface area contributed by atoms with Gasteiger partial charge < -0.3 is 9.84 Å². The zero-order valence-corrected chi connectivity index (χ0v) is 13.9. The lowest BCUT2D eigenvalue weighted by atomic mass is 10.1. The lowest BCUT2D eigenvalue weighted by Gasteiger charge is -2.25. The highest BCUT2D eigenvalue weighted by atomic mass is 16.5. The normalized spacial score (nSPS) is 12.0. The Hall–Kier alpha value is -2.08. The molecule has 124 valence electrons. The maximum Gasteiger partial charge on any atom is 0.119 e. The topological polar surface area (TPSA) is 80.3 Å². The van der Waals surface area contributed by atoms with Crippen molar-refractivity contribution in [3.05, 3.63) is 29.8 Å². The van der Waals surface area contributed by atoms with Crippen LogP contribution in [0.15, 0.2) is 24.3 Å². The van der Waals surface area contributed by atoms with Gasteiger partial charge in [0.25, 0.3) is 0 Å². The van der Waals surface area contributed by atoms with E-state index in [1.807, 2.05) is 12.1 Å². The van der Waals surface area contributed by atoms with E-state index in [9.17, 15) is 5.11 Å². The molecule has 0 spiro atoms. The summed E-state index contributed by atoms with van der Waals surface area (Å²) in [6, 6.07) is 11.6. The van der Waals surface area contributed by atoms with Crippen molar-refractivity contribution in [2.24, 2.45) is 5.92 Å². The van der Waals surface area contributed by atoms with Gasteiger partial charge in [0, 0.05) is 26.1 Å². The SMILES string of the molecule is CC(C)CN(CCC#N)CC(O)COc1ccc(CC#N)cc1. The van der Waals surface area contributed by atoms with Crippen molar-refractivity contribution in [3.8, 4) is 17.9 Å². The molecule has 0 heterocycles. The molecular weight excluding hydrogens is 290 g/mol. The van der Waals surface area contributed by atoms with Crippen LogP contribution in [0.2, 0.25) is 0 Å². The van der Waals surface area contributed by atoms with E-state index in [1.54, 1.807) is 12.1 Å². The minimum atomic E-state index is -0.605. The minimum absolute atomic E-state index is 0.207. The van der Waals surface area contributed by atoms with E-state index >= 15 is 0 Å². The van der Waals surface area contributed by atoms with E-state index in [4.69, 9.17) is 15.3 Å². The average Bonchev–Trinajstić information content (AvgIpc) is 2.52. The Morgan fingerprint density at radius 3 is 2.39 bits per heavy atom. The molecule has 0 aromatic heterocycles. The van der Waals surface area contributed by atoms with Gasteiger partial charge >= 0.3 is 0 Å². The van der Waals surface area contributed by atoms with Crippen molar-refractivity contribution in [2.75, 3.05) is 26.2 Å². The van der Waals surface area contributed by atoms with Gasteiger partial charge in [-0.3, -0.25) is 4.90 Å². The lowest BCUT2D eigenvalue weighted by molar-refractivity contribution is 0.0650. The highest BCUT2D eigenvalue weighted by Gasteiger charge is 2.13. The van der Waals surface area contributed by atoms with Gasteiger partial charge in [-0.05, 0) is 23.6 Å². The molecule has 0 amide bonds. The summed E-state index contributed by atoms with van der Waals surface area (Å²) in [6.07, 6.45) is 0.235. The molecular formula is C18H25N3O2. The summed E-state index contributed by atoms with van der Waals surface area (Å²) in [7, 11) is 0. The van der Waals surface area contributed by atoms with Crippen LogP contribution in [0.1, 0.15) is 25.8 Å². The standard InChI is InChI=1S/C18H25N3O2/c1-15(2)12-21(11-3-9-19)13-17(22)14-23-18-6-4-16(5-7-18)8-10-20/h4-7,15,17,22H,3,8,11-14H2,1-2H3. The fraction of sp³-hybridized carbons (Fsp3) is 0.556. The second kappa shape index (κ2) is 10.6. The molecule has 0 aliphatic carbocycles. The first-order chi connectivity index (χ1) is 11.0. The number of aliphatic hydroxyl groups excluding tert-OH is 1. The second-order valence-electron chi connectivity index (χ2n) is 6.01. The van der Waals surface area contributed by atoms with Gasteiger partial charge in [-0.25, -0.2) is 0 Å². The zero-order chi connectivity index (χ0) is 17.1. The molecule has 0 aliphatic heterocycles. The Morgan fingerprint density at radius 1 is 1.13 bits per heavy atom. The summed E-state index contributed by atoms with van der Waals surface area (Å²) in [6.45, 7) is 6.44. The Morgan fingerprint density at radius 2 is 1.83 bits per heavy atom. The monoisotopic (exact) mass is 315 g/mol. The van der Waals surface area contributed by atoms with Crippen LogP contribution in [0.5, 0.6) is 5.75 Å². The van der Waals surface area contributed by atoms with Crippen molar-refractivity contribution in [2.45, 2.75) is 32.8 Å². The third kappa shape index (κ3) is 8.21. The number of ether oxygens (including phenoxy) is 1. The zero-order valence-electron chi connectivity index (χ0n) is 13.9. The van der Waals surface area contributed by atoms with Crippen LogP contribution in [0, 0.1) is 28.6 Å². The molecule has 0 bridgehead atoms. The summed E-state index contributed by atoms with van der Waals surface area (Å²) in [5.41, 5.74) is 0.944. The largest absolute Gasteiger partial charge is 0.491 e. The molecule has 1 N–H and O–H groups in total. The van der Waals surface area contributed by atoms with Gasteiger partial charge in [-0.15, -0.1) is 0 Å². The van der Waals surface area contributed by atoms with Crippen molar-refractivity contribution in [3.63, 3.8) is 0 Å². The summed E-state index contributed by atoms with van der Waals surface area (Å²) in [5.74, 6) is 1.16. The number of hydrogen-bond donors (Lipinski definition) is 1. The van der Waals surface area contributed by atoms with Crippen LogP contribution in [0.3, 0.4) is 0 Å². The molecule has 0 saturated heterocycles. The van der Waals surface area contributed by atoms with E-state index in [2.05, 4.69) is 30.9 Å². The van der Waals surface area contributed by atoms with Crippen LogP contribution in [-0.2, 0) is 6.42 Å². The fourth-order valence-corrected chi connectivity index (χ4v) is 2.32. The predicted molar refractivity (Wildman–Crippen MR) is 88.8 cm³/mol. The molecule has 1 aromatic rings. The molecule has 0 saturated carbocycles. The molecule has 1 aromatic carbocycles. The maximum atomic E-state index is 10.1. The Labute approximate surface area is 138 Å². The number of nitrogens with zero attached hydrogens (tertiary/aromatic N) is 3. The number of benzene rings is 1. The van der Waals surface area contributed by atoms with Crippen LogP contribution in [0.4, 0.5) is 0 Å². The Balaban J connectivity index is 2.43. The van der Waals surface area contributed by atoms with E-state index in [0.29, 0.717) is 37.6 Å². The van der Waals surface area contributed by atoms with Crippen LogP contribution < -0.4 is 4.74 Å². The molecule has 5 heteroatoms. The highest BCUT2D eigenvalue weighted by molar-refractivity contribution is 5.28. The predicted octanol–water partition coefficient (Wildman–Crippen LogP) is 2.36. The Kier molecular flexibility index (Phi) is 8.75. The molecule has 1 rings (SSSR count). The van der Waals surface area contributed by atoms with E-state index in [-0.39, 0.29) is 6.61 Å². The van der Waals surface area contributed by atoms with Gasteiger partial charge in [0.15, 0.2) is 0 Å². The Bertz CT molecular complexity index is 529. The van der Waals surface area contributed by atoms with Crippen molar-refractivity contribution in [1.29, 1.82) is 10.5 Å². The lowest BCUT2D eigenvalue weighted by Crippen LogP contribution is -2.38. The van der Waals surface area contributed by atoms with Crippen molar-refractivity contribution < 1.29 is 9.84 Å². The summed E-state index contributed by atoms with van der Waals surface area (Å²) >= 11 is 0. The fourth-order valence-electron chi connectivity index (χ4n) is 2.32.